The van der Waals surface area contributed by atoms with Gasteiger partial charge in [-0.15, -0.1) is 11.3 Å². The average molecular weight is 425 g/mol. The minimum absolute atomic E-state index is 0.0325. The maximum atomic E-state index is 12.6. The Labute approximate surface area is 168 Å². The summed E-state index contributed by atoms with van der Waals surface area (Å²) in [6.07, 6.45) is -3.41. The number of fused-ring (bicyclic) bond motifs is 1. The number of benzene rings is 1. The fourth-order valence-corrected chi connectivity index (χ4v) is 3.52. The molecule has 0 aliphatic rings. The van der Waals surface area contributed by atoms with Gasteiger partial charge in [0.1, 0.15) is 5.82 Å². The molecule has 6 nitrogen and oxygen atoms in total. The summed E-state index contributed by atoms with van der Waals surface area (Å²) in [6.45, 7) is 0.593. The topological polar surface area (TPSA) is 82.5 Å². The summed E-state index contributed by atoms with van der Waals surface area (Å²) in [7, 11) is 3.59. The van der Waals surface area contributed by atoms with Crippen LogP contribution in [0.3, 0.4) is 0 Å². The fourth-order valence-electron chi connectivity index (χ4n) is 2.40. The number of carbonyl (C=O) groups is 2. The van der Waals surface area contributed by atoms with Crippen molar-refractivity contribution >= 4 is 39.1 Å². The number of hydrogen-bond donors (Lipinski definition) is 2. The van der Waals surface area contributed by atoms with Gasteiger partial charge in [0.2, 0.25) is 0 Å². The summed E-state index contributed by atoms with van der Waals surface area (Å²) in [5, 5.41) is 11.3. The molecule has 0 saturated heterocycles. The highest BCUT2D eigenvalue weighted by atomic mass is 32.1. The standard InChI is InChI=1S/C17H17N3OS.C2HF3O2/c1-18-16-14(7-5-9-19-16)17(21)20(2)11-13-10-12-6-3-4-8-15(12)22-13;3-2(4,5)1(6)7/h3-10H,11H2,1-2H3,(H,18,19);(H,6,7). The number of carboxylic acid groups (broad SMARTS) is 1. The Kier molecular flexibility index (Phi) is 7.16. The lowest BCUT2D eigenvalue weighted by molar-refractivity contribution is -0.192. The molecule has 0 aliphatic carbocycles. The largest absolute Gasteiger partial charge is 0.490 e. The normalized spacial score (nSPS) is 10.8. The zero-order valence-corrected chi connectivity index (χ0v) is 16.3. The monoisotopic (exact) mass is 425 g/mol. The molecule has 10 heteroatoms. The molecule has 0 saturated carbocycles. The van der Waals surface area contributed by atoms with E-state index in [1.54, 1.807) is 41.6 Å². The Morgan fingerprint density at radius 2 is 1.86 bits per heavy atom. The molecule has 0 fully saturated rings. The van der Waals surface area contributed by atoms with E-state index < -0.39 is 12.1 Å². The zero-order valence-electron chi connectivity index (χ0n) is 15.5. The number of carboxylic acids is 1. The maximum absolute atomic E-state index is 12.6. The first-order valence-corrected chi connectivity index (χ1v) is 9.11. The zero-order chi connectivity index (χ0) is 21.6. The minimum Gasteiger partial charge on any atom is -0.475 e. The number of nitrogens with one attached hydrogen (secondary N) is 1. The van der Waals surface area contributed by atoms with E-state index >= 15 is 0 Å². The summed E-state index contributed by atoms with van der Waals surface area (Å²) in [4.78, 5) is 28.6. The van der Waals surface area contributed by atoms with Gasteiger partial charge in [0, 0.05) is 29.9 Å². The van der Waals surface area contributed by atoms with Gasteiger partial charge in [0.15, 0.2) is 0 Å². The number of hydrogen-bond acceptors (Lipinski definition) is 5. The second kappa shape index (κ2) is 9.37. The van der Waals surface area contributed by atoms with Crippen LogP contribution in [0.15, 0.2) is 48.7 Å². The molecular formula is C19H18F3N3O3S. The summed E-state index contributed by atoms with van der Waals surface area (Å²) in [5.74, 6) is -2.18. The third kappa shape index (κ3) is 5.92. The number of carbonyl (C=O) groups excluding carboxylic acids is 1. The van der Waals surface area contributed by atoms with Gasteiger partial charge in [0.05, 0.1) is 12.1 Å². The molecule has 154 valence electrons. The highest BCUT2D eigenvalue weighted by Crippen LogP contribution is 2.26. The van der Waals surface area contributed by atoms with E-state index in [2.05, 4.69) is 28.5 Å². The van der Waals surface area contributed by atoms with Crippen LogP contribution in [0, 0.1) is 0 Å². The number of rotatable bonds is 4. The number of anilines is 1. The smallest absolute Gasteiger partial charge is 0.475 e. The predicted octanol–water partition coefficient (Wildman–Crippen LogP) is 4.24. The molecule has 2 N–H and O–H groups in total. The van der Waals surface area contributed by atoms with Crippen LogP contribution in [-0.2, 0) is 11.3 Å². The SMILES string of the molecule is CNc1ncccc1C(=O)N(C)Cc1cc2ccccc2s1.O=C(O)C(F)(F)F. The van der Waals surface area contributed by atoms with Crippen LogP contribution >= 0.6 is 11.3 Å². The van der Waals surface area contributed by atoms with Gasteiger partial charge in [-0.05, 0) is 29.7 Å². The van der Waals surface area contributed by atoms with E-state index in [1.165, 1.54) is 15.0 Å². The van der Waals surface area contributed by atoms with E-state index in [1.807, 2.05) is 19.2 Å². The van der Waals surface area contributed by atoms with E-state index in [-0.39, 0.29) is 5.91 Å². The number of amides is 1. The molecule has 0 aliphatic heterocycles. The maximum Gasteiger partial charge on any atom is 0.490 e. The molecule has 3 aromatic rings. The van der Waals surface area contributed by atoms with Crippen LogP contribution in [-0.4, -0.2) is 47.1 Å². The minimum atomic E-state index is -5.08. The van der Waals surface area contributed by atoms with Crippen molar-refractivity contribution in [3.63, 3.8) is 0 Å². The Balaban J connectivity index is 0.000000370. The summed E-state index contributed by atoms with van der Waals surface area (Å²) >= 11 is 1.72. The fraction of sp³-hybridized carbons (Fsp3) is 0.211. The predicted molar refractivity (Wildman–Crippen MR) is 105 cm³/mol. The Morgan fingerprint density at radius 1 is 1.21 bits per heavy atom. The molecule has 0 atom stereocenters. The first kappa shape index (κ1) is 22.2. The molecule has 0 unspecified atom stereocenters. The van der Waals surface area contributed by atoms with Crippen molar-refractivity contribution in [1.29, 1.82) is 0 Å². The molecule has 0 bridgehead atoms. The Morgan fingerprint density at radius 3 is 2.45 bits per heavy atom. The first-order valence-electron chi connectivity index (χ1n) is 8.29. The third-order valence-electron chi connectivity index (χ3n) is 3.73. The van der Waals surface area contributed by atoms with Crippen LogP contribution in [0.5, 0.6) is 0 Å². The van der Waals surface area contributed by atoms with Crippen molar-refractivity contribution in [1.82, 2.24) is 9.88 Å². The van der Waals surface area contributed by atoms with Crippen molar-refractivity contribution in [3.8, 4) is 0 Å². The molecule has 1 aromatic carbocycles. The number of aromatic nitrogens is 1. The lowest BCUT2D eigenvalue weighted by atomic mass is 10.2. The number of aliphatic carboxylic acids is 1. The van der Waals surface area contributed by atoms with Crippen LogP contribution in [0.4, 0.5) is 19.0 Å². The molecule has 3 rings (SSSR count). The molecule has 0 spiro atoms. The van der Waals surface area contributed by atoms with Gasteiger partial charge < -0.3 is 15.3 Å². The number of alkyl halides is 3. The van der Waals surface area contributed by atoms with Gasteiger partial charge in [-0.1, -0.05) is 18.2 Å². The highest BCUT2D eigenvalue weighted by molar-refractivity contribution is 7.19. The molecule has 2 aromatic heterocycles. The van der Waals surface area contributed by atoms with Gasteiger partial charge in [-0.3, -0.25) is 4.79 Å². The van der Waals surface area contributed by atoms with Gasteiger partial charge in [-0.25, -0.2) is 9.78 Å². The Hall–Kier alpha value is -3.14. The van der Waals surface area contributed by atoms with Crippen molar-refractivity contribution in [3.05, 3.63) is 59.1 Å². The van der Waals surface area contributed by atoms with E-state index in [0.29, 0.717) is 17.9 Å². The van der Waals surface area contributed by atoms with Crippen LogP contribution < -0.4 is 5.32 Å². The Bertz CT molecular complexity index is 972. The summed E-state index contributed by atoms with van der Waals surface area (Å²) in [5.41, 5.74) is 0.591. The second-order valence-corrected chi connectivity index (χ2v) is 7.03. The van der Waals surface area contributed by atoms with E-state index in [0.717, 1.165) is 0 Å². The van der Waals surface area contributed by atoms with Gasteiger partial charge >= 0.3 is 12.1 Å². The quantitative estimate of drug-likeness (QED) is 0.653. The van der Waals surface area contributed by atoms with Gasteiger partial charge in [-0.2, -0.15) is 13.2 Å². The van der Waals surface area contributed by atoms with E-state index in [4.69, 9.17) is 9.90 Å². The molecule has 1 amide bonds. The van der Waals surface area contributed by atoms with Gasteiger partial charge in [0.25, 0.3) is 5.91 Å². The molecule has 0 radical (unpaired) electrons. The number of pyridine rings is 1. The van der Waals surface area contributed by atoms with Crippen molar-refractivity contribution in [2.24, 2.45) is 0 Å². The van der Waals surface area contributed by atoms with E-state index in [9.17, 15) is 18.0 Å². The molecular weight excluding hydrogens is 407 g/mol. The lowest BCUT2D eigenvalue weighted by Crippen LogP contribution is -2.26. The van der Waals surface area contributed by atoms with Crippen LogP contribution in [0.1, 0.15) is 15.2 Å². The highest BCUT2D eigenvalue weighted by Gasteiger charge is 2.38. The van der Waals surface area contributed by atoms with Crippen molar-refractivity contribution < 1.29 is 27.9 Å². The lowest BCUT2D eigenvalue weighted by Gasteiger charge is -2.17. The first-order chi connectivity index (χ1) is 13.6. The third-order valence-corrected chi connectivity index (χ3v) is 4.83. The number of thiophene rings is 1. The molecule has 29 heavy (non-hydrogen) atoms. The molecule has 2 heterocycles. The summed E-state index contributed by atoms with van der Waals surface area (Å²) < 4.78 is 33.0. The number of halogens is 3. The average Bonchev–Trinajstić information content (AvgIpc) is 3.09. The van der Waals surface area contributed by atoms with Crippen LogP contribution in [0.25, 0.3) is 10.1 Å². The second-order valence-electron chi connectivity index (χ2n) is 5.86. The van der Waals surface area contributed by atoms with Crippen LogP contribution in [0.2, 0.25) is 0 Å². The van der Waals surface area contributed by atoms with Crippen molar-refractivity contribution in [2.75, 3.05) is 19.4 Å². The number of nitrogens with zero attached hydrogens (tertiary/aromatic N) is 2. The van der Waals surface area contributed by atoms with Crippen molar-refractivity contribution in [2.45, 2.75) is 12.7 Å². The summed E-state index contributed by atoms with van der Waals surface area (Å²) in [6, 6.07) is 14.0.